The Balaban J connectivity index is 1.48. The van der Waals surface area contributed by atoms with E-state index >= 15 is 0 Å². The molecular weight excluding hydrogens is 402 g/mol. The van der Waals surface area contributed by atoms with Gasteiger partial charge in [-0.25, -0.2) is 0 Å². The van der Waals surface area contributed by atoms with Gasteiger partial charge in [0, 0.05) is 32.7 Å². The standard InChI is InChI=1S/C22H35N3O4S/c1-2-29-21-11-9-19(10-12-21)13-14-23-22(26)20-8-7-17-25(18-20)30(27,28)24-15-5-3-4-6-16-24/h9-12,20H,2-8,13-18H2,1H3,(H,23,26)/t20-/m1/s1. The van der Waals surface area contributed by atoms with Crippen molar-refractivity contribution in [2.45, 2.75) is 51.9 Å². The second kappa shape index (κ2) is 11.1. The number of nitrogens with zero attached hydrogens (tertiary/aromatic N) is 2. The Morgan fingerprint density at radius 1 is 1.03 bits per heavy atom. The van der Waals surface area contributed by atoms with Crippen LogP contribution < -0.4 is 10.1 Å². The molecule has 0 aliphatic carbocycles. The van der Waals surface area contributed by atoms with Crippen molar-refractivity contribution in [3.63, 3.8) is 0 Å². The van der Waals surface area contributed by atoms with Gasteiger partial charge in [0.15, 0.2) is 0 Å². The summed E-state index contributed by atoms with van der Waals surface area (Å²) in [6, 6.07) is 7.89. The summed E-state index contributed by atoms with van der Waals surface area (Å²) in [5.74, 6) is 0.524. The Bertz CT molecular complexity index is 774. The maximum absolute atomic E-state index is 13.0. The van der Waals surface area contributed by atoms with Crippen molar-refractivity contribution < 1.29 is 17.9 Å². The predicted molar refractivity (Wildman–Crippen MR) is 118 cm³/mol. The van der Waals surface area contributed by atoms with E-state index in [0.717, 1.165) is 56.3 Å². The highest BCUT2D eigenvalue weighted by molar-refractivity contribution is 7.86. The van der Waals surface area contributed by atoms with Crippen molar-refractivity contribution in [1.82, 2.24) is 13.9 Å². The molecule has 1 amide bonds. The predicted octanol–water partition coefficient (Wildman–Crippen LogP) is 2.58. The molecule has 1 aromatic rings. The molecule has 1 aromatic carbocycles. The molecular formula is C22H35N3O4S. The van der Waals surface area contributed by atoms with Crippen LogP contribution in [-0.4, -0.2) is 62.3 Å². The van der Waals surface area contributed by atoms with E-state index in [2.05, 4.69) is 5.32 Å². The number of carbonyl (C=O) groups is 1. The topological polar surface area (TPSA) is 79.0 Å². The van der Waals surface area contributed by atoms with Crippen LogP contribution in [0.25, 0.3) is 0 Å². The van der Waals surface area contributed by atoms with Crippen LogP contribution in [-0.2, 0) is 21.4 Å². The van der Waals surface area contributed by atoms with Gasteiger partial charge in [-0.05, 0) is 56.7 Å². The van der Waals surface area contributed by atoms with Crippen LogP contribution in [0.1, 0.15) is 51.0 Å². The number of piperidine rings is 1. The Morgan fingerprint density at radius 2 is 1.70 bits per heavy atom. The molecule has 2 aliphatic rings. The first-order valence-corrected chi connectivity index (χ1v) is 12.6. The maximum atomic E-state index is 13.0. The van der Waals surface area contributed by atoms with E-state index in [1.807, 2.05) is 31.2 Å². The number of ether oxygens (including phenoxy) is 1. The van der Waals surface area contributed by atoms with Crippen molar-refractivity contribution in [1.29, 1.82) is 0 Å². The first-order valence-electron chi connectivity index (χ1n) is 11.3. The number of benzene rings is 1. The smallest absolute Gasteiger partial charge is 0.281 e. The Hall–Kier alpha value is -1.64. The SMILES string of the molecule is CCOc1ccc(CCNC(=O)[C@@H]2CCCN(S(=O)(=O)N3CCCCCC3)C2)cc1. The van der Waals surface area contributed by atoms with E-state index in [1.54, 1.807) is 4.31 Å². The molecule has 7 nitrogen and oxygen atoms in total. The number of nitrogens with one attached hydrogen (secondary N) is 1. The molecule has 0 radical (unpaired) electrons. The van der Waals surface area contributed by atoms with Crippen molar-refractivity contribution in [2.24, 2.45) is 5.92 Å². The molecule has 1 atom stereocenters. The zero-order valence-electron chi connectivity index (χ0n) is 18.0. The maximum Gasteiger partial charge on any atom is 0.281 e. The summed E-state index contributed by atoms with van der Waals surface area (Å²) >= 11 is 0. The summed E-state index contributed by atoms with van der Waals surface area (Å²) in [7, 11) is -3.47. The van der Waals surface area contributed by atoms with Gasteiger partial charge in [0.05, 0.1) is 12.5 Å². The van der Waals surface area contributed by atoms with Gasteiger partial charge < -0.3 is 10.1 Å². The molecule has 2 aliphatic heterocycles. The molecule has 3 rings (SSSR count). The fraction of sp³-hybridized carbons (Fsp3) is 0.682. The quantitative estimate of drug-likeness (QED) is 0.678. The first-order chi connectivity index (χ1) is 14.5. The molecule has 0 unspecified atom stereocenters. The Labute approximate surface area is 180 Å². The molecule has 0 bridgehead atoms. The minimum Gasteiger partial charge on any atom is -0.494 e. The van der Waals surface area contributed by atoms with Gasteiger partial charge in [-0.3, -0.25) is 4.79 Å². The largest absolute Gasteiger partial charge is 0.494 e. The van der Waals surface area contributed by atoms with E-state index in [0.29, 0.717) is 32.8 Å². The third kappa shape index (κ3) is 6.18. The van der Waals surface area contributed by atoms with Gasteiger partial charge in [-0.1, -0.05) is 25.0 Å². The highest BCUT2D eigenvalue weighted by atomic mass is 32.2. The van der Waals surface area contributed by atoms with Crippen molar-refractivity contribution in [3.05, 3.63) is 29.8 Å². The van der Waals surface area contributed by atoms with Gasteiger partial charge in [0.1, 0.15) is 5.75 Å². The minimum atomic E-state index is -3.47. The first kappa shape index (κ1) is 23.0. The lowest BCUT2D eigenvalue weighted by Gasteiger charge is -2.34. The lowest BCUT2D eigenvalue weighted by Crippen LogP contribution is -2.50. The van der Waals surface area contributed by atoms with Crippen molar-refractivity contribution >= 4 is 16.1 Å². The molecule has 30 heavy (non-hydrogen) atoms. The summed E-state index contributed by atoms with van der Waals surface area (Å²) in [6.07, 6.45) is 6.22. The molecule has 0 aromatic heterocycles. The van der Waals surface area contributed by atoms with Crippen LogP contribution >= 0.6 is 0 Å². The van der Waals surface area contributed by atoms with Gasteiger partial charge in [0.2, 0.25) is 5.91 Å². The van der Waals surface area contributed by atoms with Gasteiger partial charge >= 0.3 is 0 Å². The molecule has 0 saturated carbocycles. The highest BCUT2D eigenvalue weighted by Gasteiger charge is 2.35. The molecule has 168 valence electrons. The fourth-order valence-corrected chi connectivity index (χ4v) is 5.97. The molecule has 0 spiro atoms. The van der Waals surface area contributed by atoms with Crippen LogP contribution in [0, 0.1) is 5.92 Å². The summed E-state index contributed by atoms with van der Waals surface area (Å²) in [5, 5.41) is 3.00. The van der Waals surface area contributed by atoms with Gasteiger partial charge in [-0.2, -0.15) is 17.0 Å². The number of hydrogen-bond donors (Lipinski definition) is 1. The highest BCUT2D eigenvalue weighted by Crippen LogP contribution is 2.23. The monoisotopic (exact) mass is 437 g/mol. The van der Waals surface area contributed by atoms with E-state index in [9.17, 15) is 13.2 Å². The molecule has 2 saturated heterocycles. The molecule has 1 N–H and O–H groups in total. The lowest BCUT2D eigenvalue weighted by atomic mass is 9.99. The fourth-order valence-electron chi connectivity index (χ4n) is 4.20. The van der Waals surface area contributed by atoms with Crippen molar-refractivity contribution in [3.8, 4) is 5.75 Å². The summed E-state index contributed by atoms with van der Waals surface area (Å²) in [6.45, 7) is 5.12. The van der Waals surface area contributed by atoms with Crippen molar-refractivity contribution in [2.75, 3.05) is 39.3 Å². The third-order valence-electron chi connectivity index (χ3n) is 5.92. The summed E-state index contributed by atoms with van der Waals surface area (Å²) in [5.41, 5.74) is 1.13. The van der Waals surface area contributed by atoms with Crippen LogP contribution in [0.4, 0.5) is 0 Å². The number of amides is 1. The second-order valence-electron chi connectivity index (χ2n) is 8.14. The summed E-state index contributed by atoms with van der Waals surface area (Å²) in [4.78, 5) is 12.7. The van der Waals surface area contributed by atoms with Gasteiger partial charge in [0.25, 0.3) is 10.2 Å². The number of carbonyl (C=O) groups excluding carboxylic acids is 1. The van der Waals surface area contributed by atoms with E-state index in [4.69, 9.17) is 4.74 Å². The van der Waals surface area contributed by atoms with Gasteiger partial charge in [-0.15, -0.1) is 0 Å². The number of hydrogen-bond acceptors (Lipinski definition) is 4. The number of rotatable bonds is 8. The molecule has 2 heterocycles. The van der Waals surface area contributed by atoms with Crippen LogP contribution in [0.3, 0.4) is 0 Å². The average molecular weight is 438 g/mol. The van der Waals surface area contributed by atoms with E-state index in [1.165, 1.54) is 4.31 Å². The lowest BCUT2D eigenvalue weighted by molar-refractivity contribution is -0.126. The summed E-state index contributed by atoms with van der Waals surface area (Å²) < 4.78 is 34.7. The zero-order chi connectivity index (χ0) is 21.4. The Morgan fingerprint density at radius 3 is 2.37 bits per heavy atom. The normalized spacial score (nSPS) is 21.7. The van der Waals surface area contributed by atoms with Crippen LogP contribution in [0.5, 0.6) is 5.75 Å². The molecule has 8 heteroatoms. The molecule has 2 fully saturated rings. The van der Waals surface area contributed by atoms with E-state index < -0.39 is 10.2 Å². The Kier molecular flexibility index (Phi) is 8.53. The second-order valence-corrected chi connectivity index (χ2v) is 10.1. The third-order valence-corrected chi connectivity index (χ3v) is 7.92. The van der Waals surface area contributed by atoms with Crippen LogP contribution in [0.15, 0.2) is 24.3 Å². The van der Waals surface area contributed by atoms with E-state index in [-0.39, 0.29) is 18.4 Å². The average Bonchev–Trinajstić information content (AvgIpc) is 3.05. The van der Waals surface area contributed by atoms with Crippen LogP contribution in [0.2, 0.25) is 0 Å². The zero-order valence-corrected chi connectivity index (χ0v) is 18.8. The minimum absolute atomic E-state index is 0.0447.